The Bertz CT molecular complexity index is 376. The highest BCUT2D eigenvalue weighted by Crippen LogP contribution is 2.27. The lowest BCUT2D eigenvalue weighted by Gasteiger charge is -1.98. The number of aryl methyl sites for hydroxylation is 1. The van der Waals surface area contributed by atoms with Crippen LogP contribution in [0.5, 0.6) is 0 Å². The number of nitrogens with one attached hydrogen (secondary N) is 1. The van der Waals surface area contributed by atoms with Crippen molar-refractivity contribution >= 4 is 22.2 Å². The molecule has 0 unspecified atom stereocenters. The van der Waals surface area contributed by atoms with Gasteiger partial charge in [-0.05, 0) is 12.5 Å². The first-order valence-electron chi connectivity index (χ1n) is 4.53. The summed E-state index contributed by atoms with van der Waals surface area (Å²) in [4.78, 5) is 12.3. The molecule has 0 aliphatic rings. The van der Waals surface area contributed by atoms with Gasteiger partial charge in [0.25, 0.3) is 0 Å². The molecule has 0 aliphatic carbocycles. The summed E-state index contributed by atoms with van der Waals surface area (Å²) in [5.41, 5.74) is 0.564. The van der Waals surface area contributed by atoms with Gasteiger partial charge in [0.2, 0.25) is 5.91 Å². The molecule has 14 heavy (non-hydrogen) atoms. The van der Waals surface area contributed by atoms with Gasteiger partial charge >= 0.3 is 0 Å². The number of thiophene rings is 1. The molecule has 0 aliphatic heterocycles. The monoisotopic (exact) mass is 208 g/mol. The van der Waals surface area contributed by atoms with Gasteiger partial charge < -0.3 is 5.32 Å². The van der Waals surface area contributed by atoms with E-state index in [0.717, 1.165) is 11.3 Å². The fourth-order valence-electron chi connectivity index (χ4n) is 1.01. The molecule has 1 amide bonds. The van der Waals surface area contributed by atoms with Crippen molar-refractivity contribution < 1.29 is 4.79 Å². The summed E-state index contributed by atoms with van der Waals surface area (Å²) in [7, 11) is 0. The number of hydrogen-bond acceptors (Lipinski definition) is 3. The standard InChI is InChI=1S/C10H12N2OS/c1-3-8-5-7(6-11)10(14-8)12-9(13)4-2/h5H,3-4H2,1-2H3,(H,12,13). The second kappa shape index (κ2) is 4.77. The second-order valence-electron chi connectivity index (χ2n) is 2.82. The van der Waals surface area contributed by atoms with Crippen LogP contribution >= 0.6 is 11.3 Å². The zero-order chi connectivity index (χ0) is 10.6. The summed E-state index contributed by atoms with van der Waals surface area (Å²) in [5, 5.41) is 12.2. The van der Waals surface area contributed by atoms with Crippen LogP contribution in [-0.4, -0.2) is 5.91 Å². The van der Waals surface area contributed by atoms with Crippen molar-refractivity contribution in [1.29, 1.82) is 5.26 Å². The molecule has 4 heteroatoms. The molecule has 0 bridgehead atoms. The SMILES string of the molecule is CCC(=O)Nc1sc(CC)cc1C#N. The van der Waals surface area contributed by atoms with Gasteiger partial charge in [-0.1, -0.05) is 13.8 Å². The predicted molar refractivity (Wildman–Crippen MR) is 57.3 cm³/mol. The van der Waals surface area contributed by atoms with Gasteiger partial charge in [0.15, 0.2) is 0 Å². The highest BCUT2D eigenvalue weighted by atomic mass is 32.1. The molecule has 74 valence electrons. The van der Waals surface area contributed by atoms with E-state index < -0.39 is 0 Å². The van der Waals surface area contributed by atoms with Crippen LogP contribution in [0.2, 0.25) is 0 Å². The topological polar surface area (TPSA) is 52.9 Å². The van der Waals surface area contributed by atoms with Crippen molar-refractivity contribution in [3.05, 3.63) is 16.5 Å². The molecule has 0 radical (unpaired) electrons. The largest absolute Gasteiger partial charge is 0.317 e. The van der Waals surface area contributed by atoms with Gasteiger partial charge in [0.05, 0.1) is 5.56 Å². The van der Waals surface area contributed by atoms with Crippen LogP contribution in [0.3, 0.4) is 0 Å². The van der Waals surface area contributed by atoms with Crippen LogP contribution in [0.4, 0.5) is 5.00 Å². The smallest absolute Gasteiger partial charge is 0.224 e. The van der Waals surface area contributed by atoms with E-state index in [9.17, 15) is 4.79 Å². The third kappa shape index (κ3) is 2.33. The summed E-state index contributed by atoms with van der Waals surface area (Å²) < 4.78 is 0. The Kier molecular flexibility index (Phi) is 3.66. The van der Waals surface area contributed by atoms with Crippen LogP contribution in [0.25, 0.3) is 0 Å². The Morgan fingerprint density at radius 3 is 2.86 bits per heavy atom. The molecular weight excluding hydrogens is 196 g/mol. The van der Waals surface area contributed by atoms with Crippen molar-refractivity contribution in [3.8, 4) is 6.07 Å². The Balaban J connectivity index is 2.90. The van der Waals surface area contributed by atoms with Crippen molar-refractivity contribution in [2.24, 2.45) is 0 Å². The van der Waals surface area contributed by atoms with Gasteiger partial charge in [0, 0.05) is 11.3 Å². The average Bonchev–Trinajstić information content (AvgIpc) is 2.60. The molecule has 3 nitrogen and oxygen atoms in total. The molecule has 0 aromatic carbocycles. The Hall–Kier alpha value is -1.34. The molecule has 0 saturated heterocycles. The quantitative estimate of drug-likeness (QED) is 0.829. The van der Waals surface area contributed by atoms with E-state index in [1.165, 1.54) is 11.3 Å². The fourth-order valence-corrected chi connectivity index (χ4v) is 1.97. The number of carbonyl (C=O) groups is 1. The first kappa shape index (κ1) is 10.7. The van der Waals surface area contributed by atoms with Crippen LogP contribution in [0.15, 0.2) is 6.07 Å². The first-order valence-corrected chi connectivity index (χ1v) is 5.35. The van der Waals surface area contributed by atoms with E-state index in [-0.39, 0.29) is 5.91 Å². The zero-order valence-electron chi connectivity index (χ0n) is 8.26. The molecule has 0 fully saturated rings. The number of nitrogens with zero attached hydrogens (tertiary/aromatic N) is 1. The highest BCUT2D eigenvalue weighted by molar-refractivity contribution is 7.16. The molecule has 1 aromatic rings. The molecule has 0 spiro atoms. The molecule has 1 aromatic heterocycles. The zero-order valence-corrected chi connectivity index (χ0v) is 9.07. The van der Waals surface area contributed by atoms with Crippen LogP contribution in [0.1, 0.15) is 30.7 Å². The van der Waals surface area contributed by atoms with E-state index in [4.69, 9.17) is 5.26 Å². The minimum atomic E-state index is -0.0500. The summed E-state index contributed by atoms with van der Waals surface area (Å²) in [6.45, 7) is 3.81. The Morgan fingerprint density at radius 1 is 1.64 bits per heavy atom. The van der Waals surface area contributed by atoms with Crippen molar-refractivity contribution in [2.45, 2.75) is 26.7 Å². The number of carbonyl (C=O) groups excluding carboxylic acids is 1. The third-order valence-corrected chi connectivity index (χ3v) is 3.02. The van der Waals surface area contributed by atoms with Gasteiger partial charge in [-0.2, -0.15) is 5.26 Å². The molecule has 1 heterocycles. The van der Waals surface area contributed by atoms with Crippen molar-refractivity contribution in [1.82, 2.24) is 0 Å². The maximum absolute atomic E-state index is 11.1. The maximum atomic E-state index is 11.1. The molecule has 1 rings (SSSR count). The number of anilines is 1. The second-order valence-corrected chi connectivity index (χ2v) is 3.96. The normalized spacial score (nSPS) is 9.50. The number of hydrogen-bond donors (Lipinski definition) is 1. The molecule has 0 saturated carbocycles. The first-order chi connectivity index (χ1) is 6.71. The minimum absolute atomic E-state index is 0.0500. The van der Waals surface area contributed by atoms with Crippen molar-refractivity contribution in [2.75, 3.05) is 5.32 Å². The Labute approximate surface area is 87.4 Å². The summed E-state index contributed by atoms with van der Waals surface area (Å²) in [6.07, 6.45) is 1.32. The highest BCUT2D eigenvalue weighted by Gasteiger charge is 2.09. The van der Waals surface area contributed by atoms with Gasteiger partial charge in [0.1, 0.15) is 11.1 Å². The van der Waals surface area contributed by atoms with Crippen LogP contribution < -0.4 is 5.32 Å². The third-order valence-electron chi connectivity index (χ3n) is 1.83. The molecule has 1 N–H and O–H groups in total. The van der Waals surface area contributed by atoms with E-state index in [0.29, 0.717) is 17.0 Å². The predicted octanol–water partition coefficient (Wildman–Crippen LogP) is 2.53. The van der Waals surface area contributed by atoms with E-state index in [2.05, 4.69) is 11.4 Å². The van der Waals surface area contributed by atoms with Gasteiger partial charge in [-0.15, -0.1) is 11.3 Å². The number of nitriles is 1. The van der Waals surface area contributed by atoms with E-state index in [1.54, 1.807) is 6.92 Å². The fraction of sp³-hybridized carbons (Fsp3) is 0.400. The number of amides is 1. The lowest BCUT2D eigenvalue weighted by atomic mass is 10.3. The van der Waals surface area contributed by atoms with Crippen LogP contribution in [0, 0.1) is 11.3 Å². The summed E-state index contributed by atoms with van der Waals surface area (Å²) in [5.74, 6) is -0.0500. The molecule has 0 atom stereocenters. The summed E-state index contributed by atoms with van der Waals surface area (Å²) >= 11 is 1.47. The Morgan fingerprint density at radius 2 is 2.36 bits per heavy atom. The lowest BCUT2D eigenvalue weighted by Crippen LogP contribution is -2.08. The van der Waals surface area contributed by atoms with Gasteiger partial charge in [-0.3, -0.25) is 4.79 Å². The molecular formula is C10H12N2OS. The van der Waals surface area contributed by atoms with E-state index >= 15 is 0 Å². The van der Waals surface area contributed by atoms with Crippen molar-refractivity contribution in [3.63, 3.8) is 0 Å². The van der Waals surface area contributed by atoms with Crippen LogP contribution in [-0.2, 0) is 11.2 Å². The average molecular weight is 208 g/mol. The number of rotatable bonds is 3. The maximum Gasteiger partial charge on any atom is 0.224 e. The van der Waals surface area contributed by atoms with Gasteiger partial charge in [-0.25, -0.2) is 0 Å². The van der Waals surface area contributed by atoms with E-state index in [1.807, 2.05) is 13.0 Å². The minimum Gasteiger partial charge on any atom is -0.317 e. The summed E-state index contributed by atoms with van der Waals surface area (Å²) in [6, 6.07) is 3.90. The lowest BCUT2D eigenvalue weighted by molar-refractivity contribution is -0.115.